The van der Waals surface area contributed by atoms with E-state index in [2.05, 4.69) is 5.32 Å². The molecule has 164 valence electrons. The van der Waals surface area contributed by atoms with Crippen molar-refractivity contribution in [1.29, 1.82) is 0 Å². The molecule has 3 aromatic carbocycles. The summed E-state index contributed by atoms with van der Waals surface area (Å²) in [6.07, 6.45) is 0.624. The second-order valence-electron chi connectivity index (χ2n) is 7.45. The second kappa shape index (κ2) is 9.51. The molecule has 0 fully saturated rings. The van der Waals surface area contributed by atoms with E-state index in [1.807, 2.05) is 24.3 Å². The monoisotopic (exact) mass is 488 g/mol. The van der Waals surface area contributed by atoms with Gasteiger partial charge in [0.2, 0.25) is 0 Å². The highest BCUT2D eigenvalue weighted by molar-refractivity contribution is 6.37. The lowest BCUT2D eigenvalue weighted by atomic mass is 10.0. The number of fused-ring (bicyclic) bond motifs is 1. The van der Waals surface area contributed by atoms with Gasteiger partial charge in [-0.05, 0) is 55.3 Å². The summed E-state index contributed by atoms with van der Waals surface area (Å²) >= 11 is 18.4. The summed E-state index contributed by atoms with van der Waals surface area (Å²) in [5.74, 6) is -0.688. The molecule has 1 aliphatic rings. The van der Waals surface area contributed by atoms with Crippen LogP contribution in [0.4, 0.5) is 11.4 Å². The molecule has 3 aromatic rings. The average molecular weight is 490 g/mol. The van der Waals surface area contributed by atoms with E-state index in [-0.39, 0.29) is 21.5 Å². The number of halogens is 3. The van der Waals surface area contributed by atoms with E-state index in [0.29, 0.717) is 41.3 Å². The summed E-state index contributed by atoms with van der Waals surface area (Å²) in [5.41, 5.74) is 2.40. The Balaban J connectivity index is 1.57. The Kier molecular flexibility index (Phi) is 6.72. The Bertz CT molecular complexity index is 1200. The lowest BCUT2D eigenvalue weighted by Gasteiger charge is -2.24. The van der Waals surface area contributed by atoms with E-state index in [4.69, 9.17) is 34.8 Å². The van der Waals surface area contributed by atoms with Gasteiger partial charge in [-0.3, -0.25) is 9.59 Å². The molecule has 0 radical (unpaired) electrons. The molecule has 2 N–H and O–H groups in total. The number of amides is 2. The maximum atomic E-state index is 13.3. The highest BCUT2D eigenvalue weighted by atomic mass is 35.5. The van der Waals surface area contributed by atoms with E-state index in [0.717, 1.165) is 5.56 Å². The molecule has 0 spiro atoms. The predicted molar refractivity (Wildman–Crippen MR) is 128 cm³/mol. The summed E-state index contributed by atoms with van der Waals surface area (Å²) in [5, 5.41) is 14.0. The summed E-state index contributed by atoms with van der Waals surface area (Å²) in [6.45, 7) is 0.469. The van der Waals surface area contributed by atoms with Crippen LogP contribution in [0.25, 0.3) is 0 Å². The van der Waals surface area contributed by atoms with E-state index >= 15 is 0 Å². The molecule has 5 nitrogen and oxygen atoms in total. The molecular weight excluding hydrogens is 471 g/mol. The van der Waals surface area contributed by atoms with E-state index in [1.165, 1.54) is 18.2 Å². The minimum atomic E-state index is -0.614. The molecule has 32 heavy (non-hydrogen) atoms. The summed E-state index contributed by atoms with van der Waals surface area (Å²) in [6, 6.07) is 16.6. The van der Waals surface area contributed by atoms with E-state index < -0.39 is 12.0 Å². The van der Waals surface area contributed by atoms with Crippen molar-refractivity contribution in [2.24, 2.45) is 0 Å². The molecule has 4 rings (SSSR count). The van der Waals surface area contributed by atoms with Crippen molar-refractivity contribution in [3.8, 4) is 0 Å². The lowest BCUT2D eigenvalue weighted by molar-refractivity contribution is 0.0985. The molecule has 0 saturated carbocycles. The van der Waals surface area contributed by atoms with Crippen LogP contribution in [-0.2, 0) is 0 Å². The van der Waals surface area contributed by atoms with Crippen molar-refractivity contribution in [2.45, 2.75) is 18.9 Å². The van der Waals surface area contributed by atoms with Gasteiger partial charge in [-0.1, -0.05) is 53.0 Å². The van der Waals surface area contributed by atoms with Gasteiger partial charge in [0.1, 0.15) is 0 Å². The van der Waals surface area contributed by atoms with Gasteiger partial charge in [-0.15, -0.1) is 0 Å². The molecule has 2 amide bonds. The van der Waals surface area contributed by atoms with Gasteiger partial charge in [-0.2, -0.15) is 0 Å². The van der Waals surface area contributed by atoms with Gasteiger partial charge in [0.15, 0.2) is 0 Å². The molecule has 8 heteroatoms. The summed E-state index contributed by atoms with van der Waals surface area (Å²) in [4.78, 5) is 27.5. The number of aliphatic hydroxyl groups is 1. The zero-order chi connectivity index (χ0) is 22.8. The van der Waals surface area contributed by atoms with Crippen LogP contribution in [0.3, 0.4) is 0 Å². The Labute approximate surface area is 200 Å². The molecule has 0 saturated heterocycles. The van der Waals surface area contributed by atoms with Crippen LogP contribution in [-0.4, -0.2) is 23.5 Å². The third-order valence-electron chi connectivity index (χ3n) is 5.32. The van der Waals surface area contributed by atoms with Crippen LogP contribution in [0.15, 0.2) is 60.7 Å². The number of carbonyl (C=O) groups is 2. The molecule has 1 atom stereocenters. The maximum absolute atomic E-state index is 13.3. The SMILES string of the molecule is O=C(Nc1ccc(C(=O)N2CCCC(O)c3ccccc32)c(Cl)c1)c1ccc(Cl)cc1Cl. The fourth-order valence-electron chi connectivity index (χ4n) is 3.73. The number of para-hydroxylation sites is 1. The number of benzene rings is 3. The predicted octanol–water partition coefficient (Wildman–Crippen LogP) is 6.37. The number of anilines is 2. The number of aliphatic hydroxyl groups excluding tert-OH is 1. The van der Waals surface area contributed by atoms with Crippen LogP contribution in [0.1, 0.15) is 45.2 Å². The maximum Gasteiger partial charge on any atom is 0.259 e. The number of rotatable bonds is 3. The second-order valence-corrected chi connectivity index (χ2v) is 8.70. The van der Waals surface area contributed by atoms with Crippen LogP contribution in [0.5, 0.6) is 0 Å². The average Bonchev–Trinajstić information content (AvgIpc) is 2.92. The third kappa shape index (κ3) is 4.62. The Morgan fingerprint density at radius 3 is 2.41 bits per heavy atom. The van der Waals surface area contributed by atoms with Gasteiger partial charge in [0.05, 0.1) is 27.3 Å². The Morgan fingerprint density at radius 1 is 0.938 bits per heavy atom. The number of nitrogens with zero attached hydrogens (tertiary/aromatic N) is 1. The fraction of sp³-hybridized carbons (Fsp3) is 0.167. The molecule has 1 heterocycles. The largest absolute Gasteiger partial charge is 0.388 e. The van der Waals surface area contributed by atoms with Gasteiger partial charge >= 0.3 is 0 Å². The first-order chi connectivity index (χ1) is 15.3. The van der Waals surface area contributed by atoms with Crippen LogP contribution in [0.2, 0.25) is 15.1 Å². The van der Waals surface area contributed by atoms with Crippen molar-refractivity contribution >= 4 is 58.0 Å². The van der Waals surface area contributed by atoms with Crippen LogP contribution >= 0.6 is 34.8 Å². The van der Waals surface area contributed by atoms with E-state index in [9.17, 15) is 14.7 Å². The van der Waals surface area contributed by atoms with Crippen molar-refractivity contribution in [3.05, 3.63) is 92.4 Å². The fourth-order valence-corrected chi connectivity index (χ4v) is 4.48. The summed E-state index contributed by atoms with van der Waals surface area (Å²) < 4.78 is 0. The third-order valence-corrected chi connectivity index (χ3v) is 6.18. The molecule has 1 aliphatic heterocycles. The zero-order valence-electron chi connectivity index (χ0n) is 16.8. The number of hydrogen-bond donors (Lipinski definition) is 2. The van der Waals surface area contributed by atoms with Crippen molar-refractivity contribution in [1.82, 2.24) is 0 Å². The topological polar surface area (TPSA) is 69.6 Å². The number of nitrogens with one attached hydrogen (secondary N) is 1. The quantitative estimate of drug-likeness (QED) is 0.449. The minimum absolute atomic E-state index is 0.206. The number of hydrogen-bond acceptors (Lipinski definition) is 3. The first-order valence-corrected chi connectivity index (χ1v) is 11.1. The smallest absolute Gasteiger partial charge is 0.259 e. The number of carbonyl (C=O) groups excluding carboxylic acids is 2. The van der Waals surface area contributed by atoms with Gasteiger partial charge < -0.3 is 15.3 Å². The normalized spacial score (nSPS) is 15.6. The van der Waals surface area contributed by atoms with Gasteiger partial charge in [0.25, 0.3) is 11.8 Å². The minimum Gasteiger partial charge on any atom is -0.388 e. The zero-order valence-corrected chi connectivity index (χ0v) is 19.1. The first kappa shape index (κ1) is 22.6. The highest BCUT2D eigenvalue weighted by Crippen LogP contribution is 2.34. The van der Waals surface area contributed by atoms with Gasteiger partial charge in [0, 0.05) is 28.5 Å². The van der Waals surface area contributed by atoms with Crippen molar-refractivity contribution in [3.63, 3.8) is 0 Å². The molecule has 0 aliphatic carbocycles. The summed E-state index contributed by atoms with van der Waals surface area (Å²) in [7, 11) is 0. The molecule has 0 aromatic heterocycles. The Hall–Kier alpha value is -2.57. The highest BCUT2D eigenvalue weighted by Gasteiger charge is 2.27. The van der Waals surface area contributed by atoms with Crippen LogP contribution in [0, 0.1) is 0 Å². The molecule has 1 unspecified atom stereocenters. The standard InChI is InChI=1S/C24H19Cl3N2O3/c25-14-7-9-16(19(26)12-14)23(31)28-15-8-10-17(20(27)13-15)24(32)29-11-3-6-22(30)18-4-1-2-5-21(18)29/h1-2,4-5,7-10,12-13,22,30H,3,6,11H2,(H,28,31). The van der Waals surface area contributed by atoms with Gasteiger partial charge in [-0.25, -0.2) is 0 Å². The van der Waals surface area contributed by atoms with Crippen molar-refractivity contribution in [2.75, 3.05) is 16.8 Å². The first-order valence-electron chi connectivity index (χ1n) is 10.00. The van der Waals surface area contributed by atoms with Crippen LogP contribution < -0.4 is 10.2 Å². The van der Waals surface area contributed by atoms with Crippen molar-refractivity contribution < 1.29 is 14.7 Å². The lowest BCUT2D eigenvalue weighted by Crippen LogP contribution is -2.32. The molecule has 0 bridgehead atoms. The van der Waals surface area contributed by atoms with E-state index in [1.54, 1.807) is 23.1 Å². The molecular formula is C24H19Cl3N2O3. The Morgan fingerprint density at radius 2 is 1.66 bits per heavy atom.